The molecule has 2 aromatic carbocycles. The van der Waals surface area contributed by atoms with Crippen LogP contribution in [-0.2, 0) is 16.1 Å². The highest BCUT2D eigenvalue weighted by Crippen LogP contribution is 2.19. The third-order valence-corrected chi connectivity index (χ3v) is 3.73. The first-order valence-corrected chi connectivity index (χ1v) is 8.57. The number of para-hydroxylation sites is 1. The summed E-state index contributed by atoms with van der Waals surface area (Å²) in [7, 11) is 1.55. The minimum atomic E-state index is -2.89. The van der Waals surface area contributed by atoms with Gasteiger partial charge in [0.25, 0.3) is 5.91 Å². The Morgan fingerprint density at radius 2 is 1.75 bits per heavy atom. The summed E-state index contributed by atoms with van der Waals surface area (Å²) in [4.78, 5) is 25.8. The number of alkyl halides is 2. The lowest BCUT2D eigenvalue weighted by Crippen LogP contribution is -2.30. The Kier molecular flexibility index (Phi) is 7.74. The van der Waals surface area contributed by atoms with Crippen LogP contribution in [0, 0.1) is 0 Å². The van der Waals surface area contributed by atoms with Crippen LogP contribution in [-0.4, -0.2) is 43.6 Å². The molecule has 0 heterocycles. The Morgan fingerprint density at radius 3 is 2.39 bits per heavy atom. The maximum absolute atomic E-state index is 12.2. The molecule has 1 amide bonds. The average Bonchev–Trinajstić information content (AvgIpc) is 2.67. The minimum absolute atomic E-state index is 0.0367. The van der Waals surface area contributed by atoms with Gasteiger partial charge < -0.3 is 19.1 Å². The number of hydrogen-bond acceptors (Lipinski definition) is 5. The van der Waals surface area contributed by atoms with Crippen molar-refractivity contribution >= 4 is 11.9 Å². The van der Waals surface area contributed by atoms with Crippen molar-refractivity contribution in [2.24, 2.45) is 0 Å². The summed E-state index contributed by atoms with van der Waals surface area (Å²) in [5.74, 6) is -0.633. The summed E-state index contributed by atoms with van der Waals surface area (Å²) in [5.41, 5.74) is 0.958. The van der Waals surface area contributed by atoms with Crippen LogP contribution in [0.4, 0.5) is 8.78 Å². The van der Waals surface area contributed by atoms with Gasteiger partial charge >= 0.3 is 12.6 Å². The van der Waals surface area contributed by atoms with Gasteiger partial charge in [0.1, 0.15) is 17.1 Å². The molecule has 6 nitrogen and oxygen atoms in total. The molecule has 2 rings (SSSR count). The number of amides is 1. The fourth-order valence-electron chi connectivity index (χ4n) is 2.37. The number of rotatable bonds is 9. The first kappa shape index (κ1) is 21.1. The number of esters is 1. The van der Waals surface area contributed by atoms with Gasteiger partial charge in [0.05, 0.1) is 6.61 Å². The number of carbonyl (C=O) groups excluding carboxylic acids is 2. The summed E-state index contributed by atoms with van der Waals surface area (Å²) in [5, 5.41) is 0. The van der Waals surface area contributed by atoms with Crippen LogP contribution in [0.2, 0.25) is 0 Å². The lowest BCUT2D eigenvalue weighted by Gasteiger charge is -2.18. The van der Waals surface area contributed by atoms with E-state index in [0.29, 0.717) is 17.9 Å². The zero-order valence-electron chi connectivity index (χ0n) is 15.6. The SMILES string of the molecule is CCOc1ccccc1C(=O)OCC(=O)N(C)Cc1ccc(OC(F)F)cc1. The molecule has 0 aliphatic rings. The largest absolute Gasteiger partial charge is 0.493 e. The van der Waals surface area contributed by atoms with E-state index in [9.17, 15) is 18.4 Å². The maximum atomic E-state index is 12.2. The first-order valence-electron chi connectivity index (χ1n) is 8.57. The predicted molar refractivity (Wildman–Crippen MR) is 97.4 cm³/mol. The molecule has 28 heavy (non-hydrogen) atoms. The average molecular weight is 393 g/mol. The van der Waals surface area contributed by atoms with Crippen LogP contribution in [0.3, 0.4) is 0 Å². The number of halogens is 2. The summed E-state index contributed by atoms with van der Waals surface area (Å²) < 4.78 is 39.0. The lowest BCUT2D eigenvalue weighted by molar-refractivity contribution is -0.133. The first-order chi connectivity index (χ1) is 13.4. The summed E-state index contributed by atoms with van der Waals surface area (Å²) in [6.45, 7) is -0.902. The molecule has 0 aliphatic heterocycles. The third-order valence-electron chi connectivity index (χ3n) is 3.73. The van der Waals surface area contributed by atoms with Crippen LogP contribution in [0.1, 0.15) is 22.8 Å². The molecular formula is C20H21F2NO5. The van der Waals surface area contributed by atoms with Crippen LogP contribution >= 0.6 is 0 Å². The predicted octanol–water partition coefficient (Wildman–Crippen LogP) is 3.50. The molecular weight excluding hydrogens is 372 g/mol. The molecule has 2 aromatic rings. The second kappa shape index (κ2) is 10.2. The van der Waals surface area contributed by atoms with Crippen LogP contribution < -0.4 is 9.47 Å². The third kappa shape index (κ3) is 6.22. The quantitative estimate of drug-likeness (QED) is 0.610. The number of carbonyl (C=O) groups is 2. The molecule has 0 unspecified atom stereocenters. The Bertz CT molecular complexity index is 795. The van der Waals surface area contributed by atoms with Crippen molar-refractivity contribution < 1.29 is 32.6 Å². The fraction of sp³-hybridized carbons (Fsp3) is 0.300. The number of nitrogens with zero attached hydrogens (tertiary/aromatic N) is 1. The Hall–Kier alpha value is -3.16. The number of benzene rings is 2. The smallest absolute Gasteiger partial charge is 0.387 e. The zero-order chi connectivity index (χ0) is 20.5. The van der Waals surface area contributed by atoms with Gasteiger partial charge in [0.2, 0.25) is 0 Å². The molecule has 0 bridgehead atoms. The monoisotopic (exact) mass is 393 g/mol. The number of ether oxygens (including phenoxy) is 3. The summed E-state index contributed by atoms with van der Waals surface area (Å²) >= 11 is 0. The summed E-state index contributed by atoms with van der Waals surface area (Å²) in [6.07, 6.45) is 0. The van der Waals surface area contributed by atoms with Crippen LogP contribution in [0.25, 0.3) is 0 Å². The van der Waals surface area contributed by atoms with E-state index in [4.69, 9.17) is 9.47 Å². The topological polar surface area (TPSA) is 65.1 Å². The van der Waals surface area contributed by atoms with Gasteiger partial charge in [-0.05, 0) is 36.8 Å². The second-order valence-corrected chi connectivity index (χ2v) is 5.78. The van der Waals surface area contributed by atoms with Crippen molar-refractivity contribution in [2.45, 2.75) is 20.1 Å². The van der Waals surface area contributed by atoms with Gasteiger partial charge in [-0.2, -0.15) is 8.78 Å². The van der Waals surface area contributed by atoms with E-state index >= 15 is 0 Å². The highest BCUT2D eigenvalue weighted by atomic mass is 19.3. The van der Waals surface area contributed by atoms with Crippen molar-refractivity contribution in [1.82, 2.24) is 4.90 Å². The van der Waals surface area contributed by atoms with Crippen LogP contribution in [0.15, 0.2) is 48.5 Å². The Morgan fingerprint density at radius 1 is 1.07 bits per heavy atom. The zero-order valence-corrected chi connectivity index (χ0v) is 15.6. The Balaban J connectivity index is 1.88. The molecule has 0 aliphatic carbocycles. The van der Waals surface area contributed by atoms with Crippen molar-refractivity contribution in [3.8, 4) is 11.5 Å². The van der Waals surface area contributed by atoms with Gasteiger partial charge in [0, 0.05) is 13.6 Å². The van der Waals surface area contributed by atoms with Crippen LogP contribution in [0.5, 0.6) is 11.5 Å². The van der Waals surface area contributed by atoms with E-state index in [0.717, 1.165) is 0 Å². The molecule has 0 atom stereocenters. The van der Waals surface area contributed by atoms with E-state index in [1.54, 1.807) is 50.4 Å². The van der Waals surface area contributed by atoms with Gasteiger partial charge in [-0.15, -0.1) is 0 Å². The van der Waals surface area contributed by atoms with Gasteiger partial charge in [-0.3, -0.25) is 4.79 Å². The number of likely N-dealkylation sites (N-methyl/N-ethyl adjacent to an activating group) is 1. The van der Waals surface area contributed by atoms with Gasteiger partial charge in [-0.1, -0.05) is 24.3 Å². The second-order valence-electron chi connectivity index (χ2n) is 5.78. The molecule has 150 valence electrons. The maximum Gasteiger partial charge on any atom is 0.387 e. The van der Waals surface area contributed by atoms with E-state index in [1.807, 2.05) is 0 Å². The summed E-state index contributed by atoms with van der Waals surface area (Å²) in [6, 6.07) is 12.6. The lowest BCUT2D eigenvalue weighted by atomic mass is 10.2. The molecule has 0 fully saturated rings. The normalized spacial score (nSPS) is 10.5. The van der Waals surface area contributed by atoms with Crippen molar-refractivity contribution in [3.05, 3.63) is 59.7 Å². The van der Waals surface area contributed by atoms with Crippen molar-refractivity contribution in [2.75, 3.05) is 20.3 Å². The van der Waals surface area contributed by atoms with E-state index in [1.165, 1.54) is 17.0 Å². The fourth-order valence-corrected chi connectivity index (χ4v) is 2.37. The van der Waals surface area contributed by atoms with E-state index < -0.39 is 25.1 Å². The minimum Gasteiger partial charge on any atom is -0.493 e. The van der Waals surface area contributed by atoms with Gasteiger partial charge in [-0.25, -0.2) is 4.79 Å². The highest BCUT2D eigenvalue weighted by Gasteiger charge is 2.17. The standard InChI is InChI=1S/C20H21F2NO5/c1-3-26-17-7-5-4-6-16(17)19(25)27-13-18(24)23(2)12-14-8-10-15(11-9-14)28-20(21)22/h4-11,20H,3,12-13H2,1-2H3. The molecule has 0 saturated heterocycles. The number of hydrogen-bond donors (Lipinski definition) is 0. The van der Waals surface area contributed by atoms with Crippen molar-refractivity contribution in [3.63, 3.8) is 0 Å². The Labute approximate surface area is 161 Å². The van der Waals surface area contributed by atoms with E-state index in [2.05, 4.69) is 4.74 Å². The molecule has 0 spiro atoms. The molecule has 0 radical (unpaired) electrons. The molecule has 0 N–H and O–H groups in total. The molecule has 0 aromatic heterocycles. The van der Waals surface area contributed by atoms with Gasteiger partial charge in [0.15, 0.2) is 6.61 Å². The van der Waals surface area contributed by atoms with Crippen molar-refractivity contribution in [1.29, 1.82) is 0 Å². The highest BCUT2D eigenvalue weighted by molar-refractivity contribution is 5.93. The molecule has 0 saturated carbocycles. The van der Waals surface area contributed by atoms with E-state index in [-0.39, 0.29) is 17.9 Å². The molecule has 8 heteroatoms.